The quantitative estimate of drug-likeness (QED) is 0.0862. The van der Waals surface area contributed by atoms with Crippen molar-refractivity contribution in [2.24, 2.45) is 0 Å². The molecule has 1 saturated heterocycles. The third-order valence-electron chi connectivity index (χ3n) is 14.5. The van der Waals surface area contributed by atoms with Crippen LogP contribution in [0.15, 0.2) is 103 Å². The van der Waals surface area contributed by atoms with E-state index in [0.29, 0.717) is 20.7 Å². The van der Waals surface area contributed by atoms with E-state index < -0.39 is 0 Å². The Balaban J connectivity index is 0.00000560. The summed E-state index contributed by atoms with van der Waals surface area (Å²) in [5, 5.41) is 2.30. The number of aromatic nitrogens is 2. The minimum atomic E-state index is -0.145. The van der Waals surface area contributed by atoms with Crippen LogP contribution in [0.4, 0.5) is 22.7 Å². The van der Waals surface area contributed by atoms with Gasteiger partial charge < -0.3 is 9.30 Å². The van der Waals surface area contributed by atoms with Crippen molar-refractivity contribution in [2.75, 3.05) is 0 Å². The predicted octanol–water partition coefficient (Wildman–Crippen LogP) is 16.2. The van der Waals surface area contributed by atoms with E-state index in [1.165, 1.54) is 50.3 Å². The van der Waals surface area contributed by atoms with Crippen molar-refractivity contribution in [3.05, 3.63) is 150 Å². The summed E-state index contributed by atoms with van der Waals surface area (Å²) in [7, 11) is 0. The summed E-state index contributed by atoms with van der Waals surface area (Å²) in [5.41, 5.74) is 13.4. The molecule has 0 spiro atoms. The predicted molar refractivity (Wildman–Crippen MR) is 266 cm³/mol. The largest absolute Gasteiger partial charge is 0.509 e. The van der Waals surface area contributed by atoms with E-state index in [2.05, 4.69) is 224 Å². The molecule has 64 heavy (non-hydrogen) atoms. The SMILES string of the molecule is CCC(C)(CC)c1cccc([N@+]23[CH-][N+]2(c2[c-]c(Oc4[c-]c5c(cc4)c4cc(C(C)(C)C)ccc4n5-c4cc(C(C)(C)C)ccn4)cc(C(C)(C)C)c2)c2ccc(C(C)(C)C)cc23)c1.[Pt]. The molecule has 1 unspecified atom stereocenters. The van der Waals surface area contributed by atoms with Crippen LogP contribution in [0.25, 0.3) is 27.6 Å². The Kier molecular flexibility index (Phi) is 11.0. The smallest absolute Gasteiger partial charge is 0.225 e. The Hall–Kier alpha value is -4.54. The van der Waals surface area contributed by atoms with Crippen molar-refractivity contribution >= 4 is 44.6 Å². The standard InChI is InChI=1S/C58H67N4O.Pt/c1-16-58(15,17-2)41-19-18-20-43(29-41)61-37-62(61,51-26-22-39(33-52(51)61)55(6,7)8)44-30-42(57(12,13)14)31-46(35-44)63-45-23-24-47-48-32-38(54(3,4)5)21-25-49(48)60(50(47)36-45)53-34-40(27-28-59-53)56(9,10)11;/h18-34,37H,16-17H2,1-15H3;/q-1;/t61-,62?;/m0./s1. The Morgan fingerprint density at radius 1 is 0.562 bits per heavy atom. The van der Waals surface area contributed by atoms with Gasteiger partial charge in [0.05, 0.1) is 5.69 Å². The molecule has 0 N–H and O–H groups in total. The minimum absolute atomic E-state index is 0. The topological polar surface area (TPSA) is 27.1 Å². The molecule has 2 atom stereocenters. The summed E-state index contributed by atoms with van der Waals surface area (Å²) >= 11 is 0. The van der Waals surface area contributed by atoms with Crippen LogP contribution in [0.1, 0.15) is 145 Å². The first-order valence-corrected chi connectivity index (χ1v) is 23.1. The molecular weight excluding hydrogens is 964 g/mol. The van der Waals surface area contributed by atoms with Gasteiger partial charge in [-0.15, -0.1) is 35.2 Å². The van der Waals surface area contributed by atoms with Gasteiger partial charge >= 0.3 is 0 Å². The average Bonchev–Trinajstić information content (AvgIpc) is 3.73. The van der Waals surface area contributed by atoms with Crippen LogP contribution < -0.4 is 13.9 Å². The molecule has 2 aromatic heterocycles. The zero-order valence-electron chi connectivity index (χ0n) is 40.8. The molecule has 0 bridgehead atoms. The van der Waals surface area contributed by atoms with Crippen LogP contribution in [-0.4, -0.2) is 9.55 Å². The molecule has 2 aliphatic heterocycles. The fraction of sp³-hybridized carbons (Fsp3) is 0.379. The molecule has 0 amide bonds. The number of fused-ring (bicyclic) bond motifs is 7. The van der Waals surface area contributed by atoms with Gasteiger partial charge in [0.25, 0.3) is 0 Å². The van der Waals surface area contributed by atoms with E-state index in [0.717, 1.165) is 40.8 Å². The molecule has 6 heteroatoms. The Morgan fingerprint density at radius 3 is 1.86 bits per heavy atom. The summed E-state index contributed by atoms with van der Waals surface area (Å²) in [6.07, 6.45) is 4.11. The first kappa shape index (κ1) is 46.0. The van der Waals surface area contributed by atoms with Crippen molar-refractivity contribution < 1.29 is 25.8 Å². The number of ether oxygens (including phenoxy) is 1. The van der Waals surface area contributed by atoms with Crippen LogP contribution in [0, 0.1) is 18.8 Å². The van der Waals surface area contributed by atoms with Crippen LogP contribution in [0.3, 0.4) is 0 Å². The van der Waals surface area contributed by atoms with E-state index in [9.17, 15) is 0 Å². The third-order valence-corrected chi connectivity index (χ3v) is 14.5. The summed E-state index contributed by atoms with van der Waals surface area (Å²) in [4.78, 5) is 4.96. The number of benzene rings is 5. The van der Waals surface area contributed by atoms with Crippen LogP contribution >= 0.6 is 0 Å². The number of quaternary nitrogens is 2. The second-order valence-corrected chi connectivity index (χ2v) is 22.8. The molecule has 0 aliphatic carbocycles. The van der Waals surface area contributed by atoms with Gasteiger partial charge in [0, 0.05) is 68.5 Å². The van der Waals surface area contributed by atoms with Gasteiger partial charge in [-0.3, -0.25) is 0 Å². The molecule has 1 fully saturated rings. The maximum Gasteiger partial charge on any atom is 0.225 e. The van der Waals surface area contributed by atoms with E-state index >= 15 is 0 Å². The number of pyridine rings is 1. The van der Waals surface area contributed by atoms with Gasteiger partial charge in [0.1, 0.15) is 5.82 Å². The molecule has 7 aromatic rings. The number of rotatable bonds is 8. The fourth-order valence-corrected chi connectivity index (χ4v) is 9.71. The van der Waals surface area contributed by atoms with Crippen LogP contribution in [0.2, 0.25) is 0 Å². The van der Waals surface area contributed by atoms with Crippen molar-refractivity contribution in [3.8, 4) is 17.3 Å². The minimum Gasteiger partial charge on any atom is -0.509 e. The van der Waals surface area contributed by atoms with Gasteiger partial charge in [-0.2, -0.15) is 10.7 Å². The van der Waals surface area contributed by atoms with Crippen molar-refractivity contribution in [2.45, 2.75) is 144 Å². The molecule has 9 rings (SSSR count). The Labute approximate surface area is 397 Å². The molecule has 2 aliphatic rings. The third kappa shape index (κ3) is 7.20. The first-order valence-electron chi connectivity index (χ1n) is 23.1. The number of hydrogen-bond donors (Lipinski definition) is 0. The van der Waals surface area contributed by atoms with Gasteiger partial charge in [-0.1, -0.05) is 146 Å². The fourth-order valence-electron chi connectivity index (χ4n) is 9.71. The molecule has 0 radical (unpaired) electrons. The average molecular weight is 1030 g/mol. The zero-order chi connectivity index (χ0) is 45.3. The van der Waals surface area contributed by atoms with E-state index in [1.54, 1.807) is 0 Å². The Morgan fingerprint density at radius 2 is 1.20 bits per heavy atom. The van der Waals surface area contributed by atoms with Crippen molar-refractivity contribution in [1.29, 1.82) is 0 Å². The number of nitrogens with zero attached hydrogens (tertiary/aromatic N) is 4. The molecule has 5 aromatic carbocycles. The van der Waals surface area contributed by atoms with E-state index in [-0.39, 0.29) is 48.1 Å². The van der Waals surface area contributed by atoms with Gasteiger partial charge in [-0.25, -0.2) is 9.58 Å². The maximum absolute atomic E-state index is 7.00. The second-order valence-electron chi connectivity index (χ2n) is 22.8. The molecular formula is C58H67N4OPt-. The van der Waals surface area contributed by atoms with Crippen LogP contribution in [0.5, 0.6) is 11.5 Å². The summed E-state index contributed by atoms with van der Waals surface area (Å²) in [5.74, 6) is 2.20. The van der Waals surface area contributed by atoms with Gasteiger partial charge in [0.15, 0.2) is 12.4 Å². The summed E-state index contributed by atoms with van der Waals surface area (Å²) < 4.78 is 10.4. The monoisotopic (exact) mass is 1030 g/mol. The van der Waals surface area contributed by atoms with Crippen LogP contribution in [-0.2, 0) is 48.1 Å². The Bertz CT molecular complexity index is 2950. The van der Waals surface area contributed by atoms with E-state index in [4.69, 9.17) is 9.72 Å². The van der Waals surface area contributed by atoms with Gasteiger partial charge in [-0.05, 0) is 85.8 Å². The maximum atomic E-state index is 7.00. The molecule has 336 valence electrons. The normalized spacial score (nSPS) is 18.6. The number of hydrogen-bond acceptors (Lipinski definition) is 2. The molecule has 5 nitrogen and oxygen atoms in total. The summed E-state index contributed by atoms with van der Waals surface area (Å²) in [6, 6.07) is 44.2. The van der Waals surface area contributed by atoms with Crippen molar-refractivity contribution in [3.63, 3.8) is 0 Å². The molecule has 4 heterocycles. The molecule has 0 saturated carbocycles. The van der Waals surface area contributed by atoms with E-state index in [1.807, 2.05) is 6.20 Å². The van der Waals surface area contributed by atoms with Crippen molar-refractivity contribution in [1.82, 2.24) is 18.7 Å². The van der Waals surface area contributed by atoms with Gasteiger partial charge in [0.2, 0.25) is 11.4 Å². The first-order chi connectivity index (χ1) is 29.4. The summed E-state index contributed by atoms with van der Waals surface area (Å²) in [6.45, 7) is 36.8. The second kappa shape index (κ2) is 15.3. The zero-order valence-corrected chi connectivity index (χ0v) is 43.1.